The maximum absolute atomic E-state index is 12.9. The van der Waals surface area contributed by atoms with E-state index in [1.54, 1.807) is 11.1 Å². The van der Waals surface area contributed by atoms with Crippen molar-refractivity contribution in [1.82, 2.24) is 10.4 Å². The Kier molecular flexibility index (Phi) is 3.51. The molecule has 1 aliphatic rings. The second-order valence-electron chi connectivity index (χ2n) is 3.94. The molecular weight excluding hydrogens is 207 g/mol. The lowest BCUT2D eigenvalue weighted by Gasteiger charge is -2.27. The first-order chi connectivity index (χ1) is 7.75. The lowest BCUT2D eigenvalue weighted by Crippen LogP contribution is -2.47. The van der Waals surface area contributed by atoms with Gasteiger partial charge >= 0.3 is 0 Å². The summed E-state index contributed by atoms with van der Waals surface area (Å²) in [6, 6.07) is 6.50. The molecule has 0 bridgehead atoms. The Labute approximate surface area is 94.2 Å². The van der Waals surface area contributed by atoms with Crippen LogP contribution in [0.4, 0.5) is 4.39 Å². The third-order valence-electron chi connectivity index (χ3n) is 2.68. The first-order valence-corrected chi connectivity index (χ1v) is 5.54. The molecule has 3 nitrogen and oxygen atoms in total. The summed E-state index contributed by atoms with van der Waals surface area (Å²) in [6.07, 6.45) is 2.18. The number of benzene rings is 1. The molecule has 0 aliphatic carbocycles. The van der Waals surface area contributed by atoms with Gasteiger partial charge in [-0.3, -0.25) is 9.80 Å². The average Bonchev–Trinajstić information content (AvgIpc) is 2.28. The number of halogens is 1. The summed E-state index contributed by atoms with van der Waals surface area (Å²) >= 11 is 0. The topological polar surface area (TPSA) is 32.3 Å². The first-order valence-electron chi connectivity index (χ1n) is 5.54. The number of carbonyl (C=O) groups excluding carboxylic acids is 1. The number of amides is 1. The molecule has 0 unspecified atom stereocenters. The van der Waals surface area contributed by atoms with Crippen molar-refractivity contribution in [3.05, 3.63) is 35.6 Å². The van der Waals surface area contributed by atoms with Gasteiger partial charge in [0.1, 0.15) is 5.82 Å². The monoisotopic (exact) mass is 222 g/mol. The Morgan fingerprint density at radius 3 is 3.06 bits per heavy atom. The zero-order valence-electron chi connectivity index (χ0n) is 9.08. The van der Waals surface area contributed by atoms with Crippen LogP contribution in [0.5, 0.6) is 0 Å². The minimum Gasteiger partial charge on any atom is -0.278 e. The van der Waals surface area contributed by atoms with Crippen LogP contribution in [0.1, 0.15) is 18.4 Å². The molecule has 1 N–H and O–H groups in total. The van der Waals surface area contributed by atoms with Gasteiger partial charge in [-0.25, -0.2) is 9.82 Å². The van der Waals surface area contributed by atoms with Crippen molar-refractivity contribution in [1.29, 1.82) is 0 Å². The van der Waals surface area contributed by atoms with E-state index in [4.69, 9.17) is 0 Å². The predicted molar refractivity (Wildman–Crippen MR) is 59.1 cm³/mol. The third kappa shape index (κ3) is 2.79. The highest BCUT2D eigenvalue weighted by atomic mass is 19.1. The van der Waals surface area contributed by atoms with Crippen LogP contribution in [0.25, 0.3) is 0 Å². The van der Waals surface area contributed by atoms with Crippen LogP contribution in [0.3, 0.4) is 0 Å². The number of nitrogens with zero attached hydrogens (tertiary/aromatic N) is 1. The van der Waals surface area contributed by atoms with E-state index in [-0.39, 0.29) is 11.7 Å². The molecule has 1 aromatic rings. The molecule has 0 radical (unpaired) electrons. The van der Waals surface area contributed by atoms with Gasteiger partial charge in [-0.2, -0.15) is 0 Å². The van der Waals surface area contributed by atoms with Gasteiger partial charge in [0.25, 0.3) is 0 Å². The normalized spacial score (nSPS) is 16.6. The smallest absolute Gasteiger partial charge is 0.236 e. The summed E-state index contributed by atoms with van der Waals surface area (Å²) in [5.74, 6) is -0.0990. The second kappa shape index (κ2) is 5.07. The van der Waals surface area contributed by atoms with Crippen LogP contribution in [0.15, 0.2) is 24.3 Å². The van der Waals surface area contributed by atoms with E-state index in [0.717, 1.165) is 18.5 Å². The second-order valence-corrected chi connectivity index (χ2v) is 3.94. The number of hydrazine groups is 1. The van der Waals surface area contributed by atoms with E-state index in [9.17, 15) is 9.18 Å². The van der Waals surface area contributed by atoms with E-state index in [0.29, 0.717) is 19.4 Å². The van der Waals surface area contributed by atoms with Gasteiger partial charge in [-0.05, 0) is 30.5 Å². The molecule has 1 fully saturated rings. The fraction of sp³-hybridized carbons (Fsp3) is 0.417. The summed E-state index contributed by atoms with van der Waals surface area (Å²) in [6.45, 7) is 1.44. The molecule has 1 aromatic carbocycles. The molecular formula is C12H15FN2O. The van der Waals surface area contributed by atoms with E-state index in [1.807, 2.05) is 6.07 Å². The lowest BCUT2D eigenvalue weighted by atomic mass is 10.1. The highest BCUT2D eigenvalue weighted by Gasteiger charge is 2.16. The maximum Gasteiger partial charge on any atom is 0.236 e. The quantitative estimate of drug-likeness (QED) is 0.840. The van der Waals surface area contributed by atoms with E-state index in [2.05, 4.69) is 5.43 Å². The van der Waals surface area contributed by atoms with Gasteiger partial charge in [0, 0.05) is 19.5 Å². The van der Waals surface area contributed by atoms with E-state index >= 15 is 0 Å². The van der Waals surface area contributed by atoms with E-state index in [1.165, 1.54) is 12.1 Å². The van der Waals surface area contributed by atoms with Crippen LogP contribution >= 0.6 is 0 Å². The fourth-order valence-corrected chi connectivity index (χ4v) is 1.81. The molecule has 1 saturated heterocycles. The molecule has 1 amide bonds. The van der Waals surface area contributed by atoms with Crippen molar-refractivity contribution < 1.29 is 9.18 Å². The Bertz CT molecular complexity index is 381. The molecule has 0 spiro atoms. The molecule has 1 aliphatic heterocycles. The summed E-state index contributed by atoms with van der Waals surface area (Å²) in [5, 5.41) is 1.63. The summed E-state index contributed by atoms with van der Waals surface area (Å²) in [5.41, 5.74) is 3.96. The number of hydrogen-bond acceptors (Lipinski definition) is 2. The molecule has 86 valence electrons. The zero-order valence-corrected chi connectivity index (χ0v) is 9.08. The van der Waals surface area contributed by atoms with Gasteiger partial charge in [-0.15, -0.1) is 0 Å². The summed E-state index contributed by atoms with van der Waals surface area (Å²) < 4.78 is 12.9. The minimum absolute atomic E-state index is 0.127. The Morgan fingerprint density at radius 1 is 1.44 bits per heavy atom. The molecule has 0 saturated carbocycles. The number of hydrogen-bond donors (Lipinski definition) is 1. The van der Waals surface area contributed by atoms with Crippen LogP contribution in [-0.4, -0.2) is 24.0 Å². The molecule has 0 atom stereocenters. The summed E-state index contributed by atoms with van der Waals surface area (Å²) in [4.78, 5) is 11.5. The highest BCUT2D eigenvalue weighted by Crippen LogP contribution is 2.07. The first kappa shape index (κ1) is 11.1. The minimum atomic E-state index is -0.226. The Hall–Kier alpha value is -1.42. The molecule has 2 rings (SSSR count). The van der Waals surface area contributed by atoms with Crippen molar-refractivity contribution in [2.24, 2.45) is 0 Å². The predicted octanol–water partition coefficient (Wildman–Crippen LogP) is 1.50. The Balaban J connectivity index is 1.89. The molecule has 4 heteroatoms. The third-order valence-corrected chi connectivity index (χ3v) is 2.68. The zero-order chi connectivity index (χ0) is 11.4. The maximum atomic E-state index is 12.9. The standard InChI is InChI=1S/C12H15FN2O/c13-11-4-1-3-10(9-11)6-8-15-12(16)5-2-7-14-15/h1,3-4,9,14H,2,5-8H2. The van der Waals surface area contributed by atoms with Gasteiger partial charge in [-0.1, -0.05) is 12.1 Å². The molecule has 1 heterocycles. The Morgan fingerprint density at radius 2 is 2.31 bits per heavy atom. The van der Waals surface area contributed by atoms with Crippen molar-refractivity contribution in [3.63, 3.8) is 0 Å². The van der Waals surface area contributed by atoms with Crippen LogP contribution in [-0.2, 0) is 11.2 Å². The lowest BCUT2D eigenvalue weighted by molar-refractivity contribution is -0.136. The van der Waals surface area contributed by atoms with Crippen molar-refractivity contribution >= 4 is 5.91 Å². The van der Waals surface area contributed by atoms with E-state index < -0.39 is 0 Å². The molecule has 16 heavy (non-hydrogen) atoms. The van der Waals surface area contributed by atoms with Crippen molar-refractivity contribution in [3.8, 4) is 0 Å². The van der Waals surface area contributed by atoms with Crippen LogP contribution < -0.4 is 5.43 Å². The number of carbonyl (C=O) groups is 1. The largest absolute Gasteiger partial charge is 0.278 e. The van der Waals surface area contributed by atoms with Gasteiger partial charge in [0.05, 0.1) is 0 Å². The highest BCUT2D eigenvalue weighted by molar-refractivity contribution is 5.76. The van der Waals surface area contributed by atoms with Gasteiger partial charge in [0.15, 0.2) is 0 Å². The van der Waals surface area contributed by atoms with Crippen LogP contribution in [0, 0.1) is 5.82 Å². The average molecular weight is 222 g/mol. The molecule has 0 aromatic heterocycles. The number of nitrogens with one attached hydrogen (secondary N) is 1. The fourth-order valence-electron chi connectivity index (χ4n) is 1.81. The van der Waals surface area contributed by atoms with Crippen molar-refractivity contribution in [2.75, 3.05) is 13.1 Å². The van der Waals surface area contributed by atoms with Crippen LogP contribution in [0.2, 0.25) is 0 Å². The van der Waals surface area contributed by atoms with Gasteiger partial charge < -0.3 is 0 Å². The summed E-state index contributed by atoms with van der Waals surface area (Å²) in [7, 11) is 0. The SMILES string of the molecule is O=C1CCCNN1CCc1cccc(F)c1. The van der Waals surface area contributed by atoms with Gasteiger partial charge in [0.2, 0.25) is 5.91 Å². The number of rotatable bonds is 3. The van der Waals surface area contributed by atoms with Crippen molar-refractivity contribution in [2.45, 2.75) is 19.3 Å².